The van der Waals surface area contributed by atoms with Gasteiger partial charge in [0.05, 0.1) is 11.4 Å². The predicted molar refractivity (Wildman–Crippen MR) is 71.2 cm³/mol. The standard InChI is InChI=1S/C12H19ClN4/c1-7(9-5-3-4-6-9)15-11-10(14)8(2)16-12(13)17-11/h7,9H,3-6,14H2,1-2H3,(H,15,16,17). The maximum atomic E-state index is 5.95. The summed E-state index contributed by atoms with van der Waals surface area (Å²) in [6.45, 7) is 4.02. The number of anilines is 2. The lowest BCUT2D eigenvalue weighted by Crippen LogP contribution is -2.25. The van der Waals surface area contributed by atoms with E-state index in [9.17, 15) is 0 Å². The zero-order chi connectivity index (χ0) is 12.4. The minimum atomic E-state index is 0.248. The first-order valence-corrected chi connectivity index (χ1v) is 6.52. The highest BCUT2D eigenvalue weighted by atomic mass is 35.5. The third-order valence-corrected chi connectivity index (χ3v) is 3.75. The lowest BCUT2D eigenvalue weighted by molar-refractivity contribution is 0.481. The monoisotopic (exact) mass is 254 g/mol. The summed E-state index contributed by atoms with van der Waals surface area (Å²) < 4.78 is 0. The summed E-state index contributed by atoms with van der Waals surface area (Å²) >= 11 is 5.85. The Morgan fingerprint density at radius 3 is 2.65 bits per heavy atom. The van der Waals surface area contributed by atoms with E-state index in [0.717, 1.165) is 5.69 Å². The van der Waals surface area contributed by atoms with E-state index in [2.05, 4.69) is 22.2 Å². The Morgan fingerprint density at radius 2 is 2.00 bits per heavy atom. The van der Waals surface area contributed by atoms with Crippen molar-refractivity contribution in [1.82, 2.24) is 9.97 Å². The van der Waals surface area contributed by atoms with Crippen molar-refractivity contribution in [3.05, 3.63) is 11.0 Å². The lowest BCUT2D eigenvalue weighted by Gasteiger charge is -2.22. The van der Waals surface area contributed by atoms with Gasteiger partial charge in [-0.2, -0.15) is 4.98 Å². The number of hydrogen-bond acceptors (Lipinski definition) is 4. The number of rotatable bonds is 3. The molecule has 1 heterocycles. The molecule has 0 aromatic carbocycles. The zero-order valence-corrected chi connectivity index (χ0v) is 11.1. The molecule has 0 spiro atoms. The summed E-state index contributed by atoms with van der Waals surface area (Å²) in [5.74, 6) is 1.38. The number of hydrogen-bond donors (Lipinski definition) is 2. The van der Waals surface area contributed by atoms with Crippen molar-refractivity contribution in [2.45, 2.75) is 45.6 Å². The van der Waals surface area contributed by atoms with Crippen molar-refractivity contribution in [3.63, 3.8) is 0 Å². The Hall–Kier alpha value is -1.03. The molecule has 0 amide bonds. The van der Waals surface area contributed by atoms with Crippen LogP contribution in [0.1, 0.15) is 38.3 Å². The minimum Gasteiger partial charge on any atom is -0.394 e. The predicted octanol–water partition coefficient (Wildman–Crippen LogP) is 3.01. The molecular formula is C12H19ClN4. The van der Waals surface area contributed by atoms with Gasteiger partial charge in [0.2, 0.25) is 5.28 Å². The largest absolute Gasteiger partial charge is 0.394 e. The number of nitrogens with zero attached hydrogens (tertiary/aromatic N) is 2. The molecule has 2 rings (SSSR count). The zero-order valence-electron chi connectivity index (χ0n) is 10.3. The molecule has 1 fully saturated rings. The van der Waals surface area contributed by atoms with E-state index in [1.54, 1.807) is 0 Å². The molecule has 94 valence electrons. The number of nitrogens with one attached hydrogen (secondary N) is 1. The van der Waals surface area contributed by atoms with E-state index in [4.69, 9.17) is 17.3 Å². The number of nitrogens with two attached hydrogens (primary N) is 1. The molecule has 4 nitrogen and oxygen atoms in total. The van der Waals surface area contributed by atoms with Crippen LogP contribution in [-0.4, -0.2) is 16.0 Å². The highest BCUT2D eigenvalue weighted by Crippen LogP contribution is 2.30. The molecule has 17 heavy (non-hydrogen) atoms. The van der Waals surface area contributed by atoms with Crippen LogP contribution in [0.4, 0.5) is 11.5 Å². The number of aryl methyl sites for hydroxylation is 1. The molecule has 0 saturated heterocycles. The summed E-state index contributed by atoms with van der Waals surface area (Å²) in [5, 5.41) is 3.62. The van der Waals surface area contributed by atoms with Crippen molar-refractivity contribution < 1.29 is 0 Å². The van der Waals surface area contributed by atoms with Crippen LogP contribution in [0, 0.1) is 12.8 Å². The second-order valence-electron chi connectivity index (χ2n) is 4.82. The molecule has 1 aromatic heterocycles. The second kappa shape index (κ2) is 5.08. The average Bonchev–Trinajstić information content (AvgIpc) is 2.78. The van der Waals surface area contributed by atoms with Crippen LogP contribution >= 0.6 is 11.6 Å². The quantitative estimate of drug-likeness (QED) is 0.814. The Labute approximate surface area is 107 Å². The third-order valence-electron chi connectivity index (χ3n) is 3.58. The van der Waals surface area contributed by atoms with Crippen LogP contribution in [0.5, 0.6) is 0 Å². The van der Waals surface area contributed by atoms with Gasteiger partial charge in [0, 0.05) is 6.04 Å². The molecular weight excluding hydrogens is 236 g/mol. The molecule has 0 radical (unpaired) electrons. The van der Waals surface area contributed by atoms with Gasteiger partial charge in [0.15, 0.2) is 5.82 Å². The Kier molecular flexibility index (Phi) is 3.72. The molecule has 1 aliphatic carbocycles. The topological polar surface area (TPSA) is 63.8 Å². The van der Waals surface area contributed by atoms with Gasteiger partial charge < -0.3 is 11.1 Å². The molecule has 1 saturated carbocycles. The van der Waals surface area contributed by atoms with Crippen LogP contribution < -0.4 is 11.1 Å². The van der Waals surface area contributed by atoms with Gasteiger partial charge in [-0.25, -0.2) is 4.98 Å². The third kappa shape index (κ3) is 2.80. The van der Waals surface area contributed by atoms with E-state index < -0.39 is 0 Å². The molecule has 1 unspecified atom stereocenters. The fraction of sp³-hybridized carbons (Fsp3) is 0.667. The van der Waals surface area contributed by atoms with E-state index >= 15 is 0 Å². The van der Waals surface area contributed by atoms with Gasteiger partial charge in [-0.15, -0.1) is 0 Å². The van der Waals surface area contributed by atoms with E-state index in [1.165, 1.54) is 25.7 Å². The van der Waals surface area contributed by atoms with Gasteiger partial charge in [-0.1, -0.05) is 12.8 Å². The van der Waals surface area contributed by atoms with Crippen LogP contribution in [0.15, 0.2) is 0 Å². The molecule has 5 heteroatoms. The van der Waals surface area contributed by atoms with Gasteiger partial charge in [-0.3, -0.25) is 0 Å². The van der Waals surface area contributed by atoms with Crippen molar-refractivity contribution in [3.8, 4) is 0 Å². The Bertz CT molecular complexity index is 402. The smallest absolute Gasteiger partial charge is 0.224 e. The first kappa shape index (κ1) is 12.4. The summed E-state index contributed by atoms with van der Waals surface area (Å²) in [4.78, 5) is 8.19. The maximum Gasteiger partial charge on any atom is 0.224 e. The van der Waals surface area contributed by atoms with Crippen LogP contribution in [0.3, 0.4) is 0 Å². The summed E-state index contributed by atoms with van der Waals surface area (Å²) in [7, 11) is 0. The van der Waals surface area contributed by atoms with Gasteiger partial charge in [-0.05, 0) is 44.2 Å². The fourth-order valence-corrected chi connectivity index (χ4v) is 2.66. The highest BCUT2D eigenvalue weighted by Gasteiger charge is 2.22. The van der Waals surface area contributed by atoms with Gasteiger partial charge in [0.25, 0.3) is 0 Å². The van der Waals surface area contributed by atoms with E-state index in [1.807, 2.05) is 6.92 Å². The minimum absolute atomic E-state index is 0.248. The van der Waals surface area contributed by atoms with Crippen LogP contribution in [0.25, 0.3) is 0 Å². The first-order valence-electron chi connectivity index (χ1n) is 6.14. The van der Waals surface area contributed by atoms with Crippen molar-refractivity contribution in [2.24, 2.45) is 5.92 Å². The lowest BCUT2D eigenvalue weighted by atomic mass is 10.00. The number of nitrogen functional groups attached to an aromatic ring is 1. The molecule has 0 aliphatic heterocycles. The van der Waals surface area contributed by atoms with Crippen molar-refractivity contribution >= 4 is 23.1 Å². The molecule has 1 aliphatic rings. The van der Waals surface area contributed by atoms with E-state index in [0.29, 0.717) is 23.5 Å². The van der Waals surface area contributed by atoms with Crippen LogP contribution in [-0.2, 0) is 0 Å². The normalized spacial score (nSPS) is 18.3. The Morgan fingerprint density at radius 1 is 1.35 bits per heavy atom. The second-order valence-corrected chi connectivity index (χ2v) is 5.16. The summed E-state index contributed by atoms with van der Waals surface area (Å²) in [6.07, 6.45) is 5.23. The van der Waals surface area contributed by atoms with E-state index in [-0.39, 0.29) is 5.28 Å². The van der Waals surface area contributed by atoms with Crippen molar-refractivity contribution in [1.29, 1.82) is 0 Å². The van der Waals surface area contributed by atoms with Crippen LogP contribution in [0.2, 0.25) is 5.28 Å². The number of halogens is 1. The molecule has 3 N–H and O–H groups in total. The Balaban J connectivity index is 2.12. The average molecular weight is 255 g/mol. The summed E-state index contributed by atoms with van der Waals surface area (Å²) in [6, 6.07) is 0.380. The maximum absolute atomic E-state index is 5.95. The van der Waals surface area contributed by atoms with Gasteiger partial charge >= 0.3 is 0 Å². The molecule has 1 aromatic rings. The number of aromatic nitrogens is 2. The first-order chi connectivity index (χ1) is 8.08. The SMILES string of the molecule is Cc1nc(Cl)nc(NC(C)C2CCCC2)c1N. The van der Waals surface area contributed by atoms with Crippen molar-refractivity contribution in [2.75, 3.05) is 11.1 Å². The summed E-state index contributed by atoms with van der Waals surface area (Å²) in [5.41, 5.74) is 7.28. The fourth-order valence-electron chi connectivity index (χ4n) is 2.45. The highest BCUT2D eigenvalue weighted by molar-refractivity contribution is 6.28. The van der Waals surface area contributed by atoms with Gasteiger partial charge in [0.1, 0.15) is 0 Å². The molecule has 1 atom stereocenters. The molecule has 0 bridgehead atoms.